The Kier molecular flexibility index (Phi) is 6.65. The van der Waals surface area contributed by atoms with E-state index in [0.717, 1.165) is 5.56 Å². The van der Waals surface area contributed by atoms with E-state index in [4.69, 9.17) is 9.47 Å². The average molecular weight is 387 g/mol. The van der Waals surface area contributed by atoms with Crippen molar-refractivity contribution in [1.82, 2.24) is 4.90 Å². The number of hydrogen-bond donors (Lipinski definition) is 0. The summed E-state index contributed by atoms with van der Waals surface area (Å²) in [5, 5.41) is 0. The molecule has 1 aromatic carbocycles. The minimum absolute atomic E-state index is 0.0141. The first-order valence-corrected chi connectivity index (χ1v) is 9.47. The van der Waals surface area contributed by atoms with E-state index in [9.17, 15) is 14.4 Å². The summed E-state index contributed by atoms with van der Waals surface area (Å²) >= 11 is 0. The van der Waals surface area contributed by atoms with E-state index >= 15 is 0 Å². The minimum Gasteiger partial charge on any atom is -0.464 e. The van der Waals surface area contributed by atoms with Crippen LogP contribution in [0, 0.1) is 18.3 Å². The number of hydrogen-bond acceptors (Lipinski definition) is 5. The fourth-order valence-electron chi connectivity index (χ4n) is 3.78. The normalized spacial score (nSPS) is 22.1. The lowest BCUT2D eigenvalue weighted by atomic mass is 9.74. The molecule has 0 radical (unpaired) electrons. The Morgan fingerprint density at radius 1 is 1.21 bits per heavy atom. The lowest BCUT2D eigenvalue weighted by Gasteiger charge is -2.32. The molecule has 3 atom stereocenters. The topological polar surface area (TPSA) is 72.9 Å². The van der Waals surface area contributed by atoms with E-state index in [-0.39, 0.29) is 19.0 Å². The van der Waals surface area contributed by atoms with Gasteiger partial charge in [0, 0.05) is 0 Å². The number of amides is 1. The van der Waals surface area contributed by atoms with Crippen molar-refractivity contribution in [3.63, 3.8) is 0 Å². The molecule has 1 aliphatic heterocycles. The zero-order valence-electron chi connectivity index (χ0n) is 17.2. The Hall–Kier alpha value is -2.63. The van der Waals surface area contributed by atoms with E-state index in [1.807, 2.05) is 45.9 Å². The van der Waals surface area contributed by atoms with Gasteiger partial charge in [-0.05, 0) is 30.4 Å². The van der Waals surface area contributed by atoms with Crippen molar-refractivity contribution >= 4 is 17.8 Å². The minimum atomic E-state index is -1.05. The van der Waals surface area contributed by atoms with Crippen molar-refractivity contribution in [2.45, 2.75) is 46.7 Å². The number of rotatable bonds is 5. The van der Waals surface area contributed by atoms with Gasteiger partial charge >= 0.3 is 12.1 Å². The Labute approximate surface area is 166 Å². The SMILES string of the molecule is C=CCOC(=O)N1[C@@H](c2ccccc2C)C(=O)[C@H](C(C)(C)C)[C@H]1C(=O)OCC. The summed E-state index contributed by atoms with van der Waals surface area (Å²) in [5.41, 5.74) is 0.992. The number of ketones is 1. The lowest BCUT2D eigenvalue weighted by molar-refractivity contribution is -0.151. The van der Waals surface area contributed by atoms with Crippen LogP contribution in [0.5, 0.6) is 0 Å². The molecule has 152 valence electrons. The lowest BCUT2D eigenvalue weighted by Crippen LogP contribution is -2.48. The van der Waals surface area contributed by atoms with E-state index in [1.54, 1.807) is 13.0 Å². The van der Waals surface area contributed by atoms with Gasteiger partial charge in [0.2, 0.25) is 0 Å². The maximum Gasteiger partial charge on any atom is 0.411 e. The maximum absolute atomic E-state index is 13.5. The summed E-state index contributed by atoms with van der Waals surface area (Å²) in [6, 6.07) is 5.40. The van der Waals surface area contributed by atoms with Gasteiger partial charge in [0.1, 0.15) is 18.7 Å². The fraction of sp³-hybridized carbons (Fsp3) is 0.500. The molecule has 6 nitrogen and oxygen atoms in total. The highest BCUT2D eigenvalue weighted by Crippen LogP contribution is 2.46. The highest BCUT2D eigenvalue weighted by Gasteiger charge is 2.59. The molecule has 0 bridgehead atoms. The molecule has 1 aliphatic rings. The quantitative estimate of drug-likeness (QED) is 0.567. The number of likely N-dealkylation sites (tertiary alicyclic amines) is 1. The van der Waals surface area contributed by atoms with Gasteiger partial charge in [-0.1, -0.05) is 57.7 Å². The van der Waals surface area contributed by atoms with Crippen LogP contribution in [-0.2, 0) is 19.1 Å². The molecule has 1 fully saturated rings. The summed E-state index contributed by atoms with van der Waals surface area (Å²) in [6.07, 6.45) is 0.713. The Morgan fingerprint density at radius 3 is 2.39 bits per heavy atom. The van der Waals surface area contributed by atoms with Gasteiger partial charge in [-0.2, -0.15) is 0 Å². The van der Waals surface area contributed by atoms with Gasteiger partial charge in [0.25, 0.3) is 0 Å². The Bertz CT molecular complexity index is 764. The highest BCUT2D eigenvalue weighted by atomic mass is 16.6. The molecule has 1 aromatic rings. The number of benzene rings is 1. The second kappa shape index (κ2) is 8.59. The van der Waals surface area contributed by atoms with Crippen LogP contribution in [0.4, 0.5) is 4.79 Å². The van der Waals surface area contributed by atoms with E-state index in [0.29, 0.717) is 5.56 Å². The average Bonchev–Trinajstić information content (AvgIpc) is 2.93. The summed E-state index contributed by atoms with van der Waals surface area (Å²) < 4.78 is 10.5. The van der Waals surface area contributed by atoms with Gasteiger partial charge in [-0.25, -0.2) is 9.59 Å². The second-order valence-corrected chi connectivity index (χ2v) is 7.97. The summed E-state index contributed by atoms with van der Waals surface area (Å²) in [5.74, 6) is -1.50. The molecular formula is C22H29NO5. The van der Waals surface area contributed by atoms with E-state index in [1.165, 1.54) is 11.0 Å². The molecule has 0 spiro atoms. The fourth-order valence-corrected chi connectivity index (χ4v) is 3.78. The van der Waals surface area contributed by atoms with Crippen molar-refractivity contribution in [1.29, 1.82) is 0 Å². The predicted molar refractivity (Wildman–Crippen MR) is 106 cm³/mol. The van der Waals surface area contributed by atoms with Crippen LogP contribution in [0.25, 0.3) is 0 Å². The van der Waals surface area contributed by atoms with Gasteiger partial charge in [-0.15, -0.1) is 0 Å². The van der Waals surface area contributed by atoms with Crippen molar-refractivity contribution in [2.75, 3.05) is 13.2 Å². The zero-order valence-corrected chi connectivity index (χ0v) is 17.2. The number of carbonyl (C=O) groups is 3. The second-order valence-electron chi connectivity index (χ2n) is 7.97. The van der Waals surface area contributed by atoms with Gasteiger partial charge in [0.05, 0.1) is 12.5 Å². The summed E-state index contributed by atoms with van der Waals surface area (Å²) in [7, 11) is 0. The molecule has 0 N–H and O–H groups in total. The van der Waals surface area contributed by atoms with Crippen LogP contribution in [0.1, 0.15) is 44.9 Å². The van der Waals surface area contributed by atoms with Crippen LogP contribution >= 0.6 is 0 Å². The van der Waals surface area contributed by atoms with Crippen LogP contribution in [0.3, 0.4) is 0 Å². The molecule has 0 aromatic heterocycles. The molecule has 0 saturated carbocycles. The van der Waals surface area contributed by atoms with Crippen LogP contribution in [-0.4, -0.2) is 42.0 Å². The van der Waals surface area contributed by atoms with Gasteiger partial charge in [0.15, 0.2) is 5.78 Å². The first-order valence-electron chi connectivity index (χ1n) is 9.47. The standard InChI is InChI=1S/C22H29NO5/c1-7-13-28-21(26)23-17(15-12-10-9-11-14(15)3)19(24)16(22(4,5)6)18(23)20(25)27-8-2/h7,9-12,16-18H,1,8,13H2,2-6H3/t16-,17+,18+/m1/s1. The first-order chi connectivity index (χ1) is 13.1. The van der Waals surface area contributed by atoms with Gasteiger partial charge < -0.3 is 9.47 Å². The monoisotopic (exact) mass is 387 g/mol. The smallest absolute Gasteiger partial charge is 0.411 e. The van der Waals surface area contributed by atoms with Crippen molar-refractivity contribution in [3.8, 4) is 0 Å². The molecule has 1 heterocycles. The van der Waals surface area contributed by atoms with Crippen LogP contribution in [0.15, 0.2) is 36.9 Å². The maximum atomic E-state index is 13.5. The largest absolute Gasteiger partial charge is 0.464 e. The van der Waals surface area contributed by atoms with Gasteiger partial charge in [-0.3, -0.25) is 9.69 Å². The number of nitrogens with zero attached hydrogens (tertiary/aromatic N) is 1. The number of carbonyl (C=O) groups excluding carboxylic acids is 3. The van der Waals surface area contributed by atoms with Crippen molar-refractivity contribution in [3.05, 3.63) is 48.0 Å². The third-order valence-electron chi connectivity index (χ3n) is 4.95. The first kappa shape index (κ1) is 21.7. The third-order valence-corrected chi connectivity index (χ3v) is 4.95. The van der Waals surface area contributed by atoms with Crippen molar-refractivity contribution < 1.29 is 23.9 Å². The molecule has 1 amide bonds. The third kappa shape index (κ3) is 4.11. The molecule has 1 saturated heterocycles. The number of esters is 1. The number of ether oxygens (including phenoxy) is 2. The van der Waals surface area contributed by atoms with E-state index in [2.05, 4.69) is 6.58 Å². The van der Waals surface area contributed by atoms with Crippen LogP contribution < -0.4 is 0 Å². The van der Waals surface area contributed by atoms with Crippen molar-refractivity contribution in [2.24, 2.45) is 11.3 Å². The molecule has 6 heteroatoms. The molecule has 0 aliphatic carbocycles. The number of aryl methyl sites for hydroxylation is 1. The highest BCUT2D eigenvalue weighted by molar-refractivity contribution is 6.01. The predicted octanol–water partition coefficient (Wildman–Crippen LogP) is 3.84. The summed E-state index contributed by atoms with van der Waals surface area (Å²) in [6.45, 7) is 12.9. The summed E-state index contributed by atoms with van der Waals surface area (Å²) in [4.78, 5) is 40.6. The molecule has 28 heavy (non-hydrogen) atoms. The molecule has 0 unspecified atom stereocenters. The Morgan fingerprint density at radius 2 is 1.86 bits per heavy atom. The molecule has 2 rings (SSSR count). The van der Waals surface area contributed by atoms with E-state index < -0.39 is 35.5 Å². The number of Topliss-reactive ketones (excluding diaryl/α,β-unsaturated/α-hetero) is 1. The zero-order chi connectivity index (χ0) is 21.1. The molecular weight excluding hydrogens is 358 g/mol. The Balaban J connectivity index is 2.65. The van der Waals surface area contributed by atoms with Crippen LogP contribution in [0.2, 0.25) is 0 Å².